The first-order valence-electron chi connectivity index (χ1n) is 23.8. The van der Waals surface area contributed by atoms with E-state index in [9.17, 15) is 24.9 Å². The van der Waals surface area contributed by atoms with Gasteiger partial charge >= 0.3 is 5.97 Å². The number of aromatic nitrogens is 3. The van der Waals surface area contributed by atoms with Gasteiger partial charge < -0.3 is 73.4 Å². The van der Waals surface area contributed by atoms with E-state index in [1.165, 1.54) is 31.6 Å². The second kappa shape index (κ2) is 26.2. The van der Waals surface area contributed by atoms with Crippen LogP contribution in [0.15, 0.2) is 47.3 Å². The Bertz CT molecular complexity index is 2080. The maximum Gasteiger partial charge on any atom is 0.308 e. The average molecular weight is 1010 g/mol. The molecule has 2 bridgehead atoms. The number of oxime groups is 1. The minimum Gasteiger partial charge on any atom is -0.465 e. The van der Waals surface area contributed by atoms with E-state index in [0.29, 0.717) is 34.4 Å². The Morgan fingerprint density at radius 2 is 1.67 bits per heavy atom. The number of cyclic esters (lactones) is 1. The Kier molecular flexibility index (Phi) is 20.7. The summed E-state index contributed by atoms with van der Waals surface area (Å²) in [7, 11) is 6.48. The lowest BCUT2D eigenvalue weighted by molar-refractivity contribution is -0.305. The summed E-state index contributed by atoms with van der Waals surface area (Å²) in [5, 5.41) is 46.8. The van der Waals surface area contributed by atoms with Crippen molar-refractivity contribution >= 4 is 33.9 Å². The number of ketones is 1. The average Bonchev–Trinajstić information content (AvgIpc) is 3.77. The Morgan fingerprint density at radius 3 is 2.36 bits per heavy atom. The number of methoxy groups -OCH3 is 2. The van der Waals surface area contributed by atoms with Crippen LogP contribution in [-0.4, -0.2) is 188 Å². The van der Waals surface area contributed by atoms with Gasteiger partial charge in [-0.2, -0.15) is 0 Å². The number of likely N-dealkylation sites (N-methyl/N-ethyl adjacent to an activating group) is 1. The fraction of sp³-hybridized carbons (Fsp3) is 0.708. The van der Waals surface area contributed by atoms with Crippen LogP contribution in [0.25, 0.3) is 10.6 Å². The zero-order valence-electron chi connectivity index (χ0n) is 41.5. The summed E-state index contributed by atoms with van der Waals surface area (Å²) in [4.78, 5) is 40.1. The highest BCUT2D eigenvalue weighted by atomic mass is 32.1. The van der Waals surface area contributed by atoms with Crippen LogP contribution in [0.5, 0.6) is 0 Å². The summed E-state index contributed by atoms with van der Waals surface area (Å²) in [6, 6.07) is 2.91. The molecular weight excluding hydrogens is 933 g/mol. The van der Waals surface area contributed by atoms with Gasteiger partial charge in [-0.15, -0.1) is 10.2 Å². The molecule has 0 aliphatic carbocycles. The Balaban J connectivity index is 1.28. The minimum absolute atomic E-state index is 0.0171. The molecule has 0 radical (unpaired) electrons. The lowest BCUT2D eigenvalue weighted by atomic mass is 9.79. The van der Waals surface area contributed by atoms with Crippen molar-refractivity contribution in [1.82, 2.24) is 20.1 Å². The Labute approximate surface area is 413 Å². The number of aliphatic hydroxyl groups is 3. The third-order valence-corrected chi connectivity index (χ3v) is 14.1. The van der Waals surface area contributed by atoms with Gasteiger partial charge in [0.25, 0.3) is 0 Å². The molecule has 3 saturated heterocycles. The molecule has 4 aliphatic rings. The lowest BCUT2D eigenvalue weighted by Gasteiger charge is -2.47. The van der Waals surface area contributed by atoms with Gasteiger partial charge in [0.15, 0.2) is 30.0 Å². The molecule has 70 heavy (non-hydrogen) atoms. The van der Waals surface area contributed by atoms with Crippen molar-refractivity contribution in [3.63, 3.8) is 0 Å². The number of hydrogen-bond acceptors (Lipinski definition) is 22. The van der Waals surface area contributed by atoms with Crippen molar-refractivity contribution in [2.75, 3.05) is 67.1 Å². The molecular formula is C48H72N6O15S. The highest BCUT2D eigenvalue weighted by molar-refractivity contribution is 7.18. The number of anilines is 1. The van der Waals surface area contributed by atoms with Gasteiger partial charge in [0, 0.05) is 50.3 Å². The summed E-state index contributed by atoms with van der Waals surface area (Å²) in [6.45, 7) is 9.11. The van der Waals surface area contributed by atoms with E-state index in [2.05, 4.69) is 20.3 Å². The van der Waals surface area contributed by atoms with Crippen LogP contribution in [0, 0.1) is 23.7 Å². The number of aliphatic hydroxyl groups excluding tert-OH is 3. The monoisotopic (exact) mass is 1000 g/mol. The first-order chi connectivity index (χ1) is 33.5. The molecule has 4 aliphatic heterocycles. The van der Waals surface area contributed by atoms with E-state index >= 15 is 0 Å². The fourth-order valence-corrected chi connectivity index (χ4v) is 9.88. The number of rotatable bonds is 12. The van der Waals surface area contributed by atoms with Crippen molar-refractivity contribution in [2.24, 2.45) is 28.8 Å². The van der Waals surface area contributed by atoms with Gasteiger partial charge in [-0.05, 0) is 71.8 Å². The van der Waals surface area contributed by atoms with Crippen LogP contribution < -0.4 is 5.73 Å². The van der Waals surface area contributed by atoms with Gasteiger partial charge in [0.2, 0.25) is 5.13 Å². The Hall–Kier alpha value is -3.88. The summed E-state index contributed by atoms with van der Waals surface area (Å²) in [5.41, 5.74) is 8.24. The van der Waals surface area contributed by atoms with Gasteiger partial charge in [0.05, 0.1) is 75.1 Å². The number of allylic oxidation sites excluding steroid dienone is 3. The third kappa shape index (κ3) is 14.6. The highest BCUT2D eigenvalue weighted by Gasteiger charge is 2.48. The van der Waals surface area contributed by atoms with Crippen molar-refractivity contribution < 1.29 is 72.4 Å². The first-order valence-corrected chi connectivity index (χ1v) is 24.6. The van der Waals surface area contributed by atoms with E-state index in [1.807, 2.05) is 32.9 Å². The van der Waals surface area contributed by atoms with Crippen molar-refractivity contribution in [3.8, 4) is 10.6 Å². The van der Waals surface area contributed by atoms with E-state index < -0.39 is 97.3 Å². The highest BCUT2D eigenvalue weighted by Crippen LogP contribution is 2.36. The normalized spacial score (nSPS) is 37.3. The molecule has 16 atom stereocenters. The lowest BCUT2D eigenvalue weighted by Crippen LogP contribution is -2.63. The molecule has 21 nitrogen and oxygen atoms in total. The maximum atomic E-state index is 14.1. The molecule has 1 unspecified atom stereocenters. The predicted octanol–water partition coefficient (Wildman–Crippen LogP) is 2.71. The molecule has 22 heteroatoms. The number of ether oxygens (including phenoxy) is 9. The first kappa shape index (κ1) is 55.4. The minimum atomic E-state index is -1.27. The third-order valence-electron chi connectivity index (χ3n) is 13.3. The molecule has 5 N–H and O–H groups in total. The summed E-state index contributed by atoms with van der Waals surface area (Å²) in [5.74, 6) is -2.67. The van der Waals surface area contributed by atoms with Gasteiger partial charge in [0.1, 0.15) is 30.1 Å². The number of nitrogens with two attached hydrogens (primary N) is 1. The molecule has 2 aromatic heterocycles. The number of nitrogens with zero attached hydrogens (tertiary/aromatic N) is 5. The molecule has 6 rings (SSSR count). The standard InChI is InChI=1S/C48H72N6O15S/c1-25-10-13-35(55)26(2)17-31-14-15-62-22-34(53-66-24-33-12-11-32(19-50-33)45-51-52-48(49)70-45)23-63-36(27(3)42(31)69-46-41(59)38(54(6)7)39(57)28(4)67-46)18-37(56)64-20-30(16-25)21-65-47-44(61-9)43(60-8)40(58)29(5)68-47/h10-13,16,19,26-31,36,38-44,46-47,57-59H,14-15,17-18,20-24H2,1-9H3,(H2,49,52)/b13-10+,25-16+,53-34+/t26-,27+,28-,29-,30+,31?,36-,38+,39-,40-,41-,42-,43-,44-,46+,47-/m1/s1. The van der Waals surface area contributed by atoms with Crippen molar-refractivity contribution in [3.05, 3.63) is 47.8 Å². The van der Waals surface area contributed by atoms with Gasteiger partial charge in [-0.25, -0.2) is 0 Å². The van der Waals surface area contributed by atoms with Crippen molar-refractivity contribution in [1.29, 1.82) is 0 Å². The number of esters is 1. The quantitative estimate of drug-likeness (QED) is 0.176. The number of pyridine rings is 1. The van der Waals surface area contributed by atoms with Gasteiger partial charge in [-0.3, -0.25) is 14.6 Å². The Morgan fingerprint density at radius 1 is 0.929 bits per heavy atom. The number of hydrogen-bond donors (Lipinski definition) is 4. The molecule has 3 fully saturated rings. The summed E-state index contributed by atoms with van der Waals surface area (Å²) < 4.78 is 55.3. The van der Waals surface area contributed by atoms with Crippen LogP contribution in [-0.2, 0) is 63.7 Å². The van der Waals surface area contributed by atoms with Crippen LogP contribution in [0.3, 0.4) is 0 Å². The predicted molar refractivity (Wildman–Crippen MR) is 255 cm³/mol. The van der Waals surface area contributed by atoms with Crippen LogP contribution >= 0.6 is 11.3 Å². The molecule has 2 aromatic rings. The largest absolute Gasteiger partial charge is 0.465 e. The number of carbonyl (C=O) groups excluding carboxylic acids is 2. The smallest absolute Gasteiger partial charge is 0.308 e. The maximum absolute atomic E-state index is 14.1. The molecule has 390 valence electrons. The second-order valence-corrected chi connectivity index (χ2v) is 19.8. The zero-order chi connectivity index (χ0) is 50.6. The molecule has 0 spiro atoms. The zero-order valence-corrected chi connectivity index (χ0v) is 42.3. The van der Waals surface area contributed by atoms with E-state index in [-0.39, 0.29) is 57.8 Å². The van der Waals surface area contributed by atoms with E-state index in [0.717, 1.165) is 11.1 Å². The van der Waals surface area contributed by atoms with Crippen LogP contribution in [0.2, 0.25) is 0 Å². The molecule has 0 amide bonds. The number of carbonyl (C=O) groups is 2. The molecule has 6 heterocycles. The van der Waals surface area contributed by atoms with Crippen molar-refractivity contribution in [2.45, 2.75) is 134 Å². The summed E-state index contributed by atoms with van der Waals surface area (Å²) in [6.07, 6.45) is -2.47. The topological polar surface area (TPSA) is 267 Å². The molecule has 0 aromatic carbocycles. The van der Waals surface area contributed by atoms with Gasteiger partial charge in [-0.1, -0.05) is 48.1 Å². The van der Waals surface area contributed by atoms with E-state index in [4.69, 9.17) is 53.2 Å². The number of fused-ring (bicyclic) bond motifs is 3. The van der Waals surface area contributed by atoms with E-state index in [1.54, 1.807) is 51.2 Å². The number of nitrogen functional groups attached to an aromatic ring is 1. The SMILES string of the molecule is CO[C@@H]1[C@H](O)[C@@H](C)O[C@@H](OC[C@H]2/C=C(C)/C=C/C(=O)[C@H](C)CC3CCOC/C(=N\OCc4ccc(-c5nnc(N)s5)cn4)CO[C@H](CC(=O)OC2)[C@H](C)[C@H]3O[C@@H]2O[C@H](C)[C@@H](O)[C@H](N(C)C)[C@H]2O)[C@@H]1OC. The van der Waals surface area contributed by atoms with Crippen LogP contribution in [0.4, 0.5) is 5.13 Å². The summed E-state index contributed by atoms with van der Waals surface area (Å²) >= 11 is 1.25. The molecule has 0 saturated carbocycles. The second-order valence-electron chi connectivity index (χ2n) is 18.8. The van der Waals surface area contributed by atoms with Crippen LogP contribution in [0.1, 0.15) is 59.6 Å². The fourth-order valence-electron chi connectivity index (χ4n) is 9.28.